The molecule has 112 valence electrons. The van der Waals surface area contributed by atoms with Gasteiger partial charge in [0.05, 0.1) is 0 Å². The van der Waals surface area contributed by atoms with Crippen LogP contribution in [0.2, 0.25) is 0 Å². The lowest BCUT2D eigenvalue weighted by molar-refractivity contribution is 0.551. The lowest BCUT2D eigenvalue weighted by Gasteiger charge is -2.30. The van der Waals surface area contributed by atoms with Crippen LogP contribution in [0.25, 0.3) is 0 Å². The zero-order valence-electron chi connectivity index (χ0n) is 12.3. The van der Waals surface area contributed by atoms with Crippen molar-refractivity contribution in [2.75, 3.05) is 4.90 Å². The van der Waals surface area contributed by atoms with Gasteiger partial charge in [-0.1, -0.05) is 30.3 Å². The molecule has 0 bridgehead atoms. The molecule has 0 saturated carbocycles. The summed E-state index contributed by atoms with van der Waals surface area (Å²) in [5.74, 6) is -1.14. The number of rotatable bonds is 5. The summed E-state index contributed by atoms with van der Waals surface area (Å²) in [5, 5.41) is 0. The second-order valence-corrected chi connectivity index (χ2v) is 5.32. The molecule has 0 aromatic heterocycles. The highest BCUT2D eigenvalue weighted by molar-refractivity contribution is 5.52. The third-order valence-electron chi connectivity index (χ3n) is 3.42. The normalized spacial score (nSPS) is 11.0. The zero-order valence-corrected chi connectivity index (χ0v) is 12.3. The monoisotopic (exact) mass is 290 g/mol. The molecule has 2 aromatic rings. The van der Waals surface area contributed by atoms with Gasteiger partial charge >= 0.3 is 0 Å². The van der Waals surface area contributed by atoms with E-state index in [1.807, 2.05) is 44.2 Å². The van der Waals surface area contributed by atoms with Gasteiger partial charge in [-0.25, -0.2) is 8.78 Å². The summed E-state index contributed by atoms with van der Waals surface area (Å²) in [6.07, 6.45) is 0. The molecule has 0 aliphatic rings. The summed E-state index contributed by atoms with van der Waals surface area (Å²) in [5.41, 5.74) is 6.92. The van der Waals surface area contributed by atoms with Gasteiger partial charge in [0.15, 0.2) is 0 Å². The summed E-state index contributed by atoms with van der Waals surface area (Å²) >= 11 is 0. The van der Waals surface area contributed by atoms with Gasteiger partial charge < -0.3 is 10.6 Å². The van der Waals surface area contributed by atoms with E-state index in [1.54, 1.807) is 4.90 Å². The molecule has 0 aliphatic heterocycles. The fraction of sp³-hybridized carbons (Fsp3) is 0.294. The van der Waals surface area contributed by atoms with Crippen LogP contribution in [0, 0.1) is 11.6 Å². The van der Waals surface area contributed by atoms with E-state index in [1.165, 1.54) is 12.1 Å². The average molecular weight is 290 g/mol. The molecule has 0 unspecified atom stereocenters. The first-order valence-corrected chi connectivity index (χ1v) is 7.01. The Morgan fingerprint density at radius 2 is 1.57 bits per heavy atom. The first-order valence-electron chi connectivity index (χ1n) is 7.01. The highest BCUT2D eigenvalue weighted by atomic mass is 19.1. The van der Waals surface area contributed by atoms with E-state index in [0.717, 1.165) is 5.56 Å². The van der Waals surface area contributed by atoms with Crippen molar-refractivity contribution in [1.82, 2.24) is 0 Å². The van der Waals surface area contributed by atoms with E-state index in [2.05, 4.69) is 0 Å². The molecule has 2 nitrogen and oxygen atoms in total. The van der Waals surface area contributed by atoms with Crippen LogP contribution in [-0.4, -0.2) is 6.04 Å². The van der Waals surface area contributed by atoms with Crippen molar-refractivity contribution in [3.8, 4) is 0 Å². The van der Waals surface area contributed by atoms with Crippen LogP contribution in [0.5, 0.6) is 0 Å². The third kappa shape index (κ3) is 3.58. The Morgan fingerprint density at radius 3 is 2.05 bits per heavy atom. The fourth-order valence-corrected chi connectivity index (χ4v) is 2.31. The van der Waals surface area contributed by atoms with Gasteiger partial charge in [0.1, 0.15) is 17.3 Å². The minimum atomic E-state index is -0.569. The Kier molecular flexibility index (Phi) is 4.91. The van der Waals surface area contributed by atoms with E-state index in [4.69, 9.17) is 5.73 Å². The number of benzene rings is 2. The Hall–Kier alpha value is -1.94. The second-order valence-electron chi connectivity index (χ2n) is 5.32. The SMILES string of the molecule is CC(C)N(Cc1ccccc1)c1c(F)cc(CN)cc1F. The number of hydrogen-bond acceptors (Lipinski definition) is 2. The van der Waals surface area contributed by atoms with Gasteiger partial charge in [-0.05, 0) is 37.1 Å². The van der Waals surface area contributed by atoms with Gasteiger partial charge in [-0.15, -0.1) is 0 Å². The number of hydrogen-bond donors (Lipinski definition) is 1. The van der Waals surface area contributed by atoms with Crippen LogP contribution >= 0.6 is 0 Å². The van der Waals surface area contributed by atoms with Crippen molar-refractivity contribution in [2.45, 2.75) is 33.0 Å². The lowest BCUT2D eigenvalue weighted by Crippen LogP contribution is -2.32. The van der Waals surface area contributed by atoms with Crippen molar-refractivity contribution < 1.29 is 8.78 Å². The van der Waals surface area contributed by atoms with Crippen molar-refractivity contribution in [3.05, 3.63) is 65.2 Å². The molecule has 4 heteroatoms. The van der Waals surface area contributed by atoms with Crippen LogP contribution in [0.3, 0.4) is 0 Å². The van der Waals surface area contributed by atoms with E-state index < -0.39 is 11.6 Å². The zero-order chi connectivity index (χ0) is 15.4. The number of nitrogens with zero attached hydrogens (tertiary/aromatic N) is 1. The predicted octanol–water partition coefficient (Wildman–Crippen LogP) is 3.84. The van der Waals surface area contributed by atoms with Crippen LogP contribution in [0.4, 0.5) is 14.5 Å². The van der Waals surface area contributed by atoms with Crippen molar-refractivity contribution >= 4 is 5.69 Å². The van der Waals surface area contributed by atoms with Crippen molar-refractivity contribution in [2.24, 2.45) is 5.73 Å². The molecule has 0 spiro atoms. The molecule has 2 N–H and O–H groups in total. The summed E-state index contributed by atoms with van der Waals surface area (Å²) in [6.45, 7) is 4.40. The van der Waals surface area contributed by atoms with Gasteiger partial charge in [0.25, 0.3) is 0 Å². The second kappa shape index (κ2) is 6.68. The minimum absolute atomic E-state index is 0.00560. The topological polar surface area (TPSA) is 29.3 Å². The lowest BCUT2D eigenvalue weighted by atomic mass is 10.1. The maximum absolute atomic E-state index is 14.3. The van der Waals surface area contributed by atoms with E-state index in [9.17, 15) is 8.78 Å². The molecule has 0 heterocycles. The average Bonchev–Trinajstić information content (AvgIpc) is 2.46. The molecule has 21 heavy (non-hydrogen) atoms. The van der Waals surface area contributed by atoms with Crippen LogP contribution in [-0.2, 0) is 13.1 Å². The highest BCUT2D eigenvalue weighted by Crippen LogP contribution is 2.28. The first kappa shape index (κ1) is 15.4. The van der Waals surface area contributed by atoms with Crippen LogP contribution < -0.4 is 10.6 Å². The highest BCUT2D eigenvalue weighted by Gasteiger charge is 2.20. The summed E-state index contributed by atoms with van der Waals surface area (Å²) < 4.78 is 28.5. The summed E-state index contributed by atoms with van der Waals surface area (Å²) in [4.78, 5) is 1.72. The maximum atomic E-state index is 14.3. The van der Waals surface area contributed by atoms with E-state index in [-0.39, 0.29) is 18.3 Å². The quantitative estimate of drug-likeness (QED) is 0.906. The van der Waals surface area contributed by atoms with Crippen molar-refractivity contribution in [3.63, 3.8) is 0 Å². The molecule has 0 amide bonds. The van der Waals surface area contributed by atoms with Crippen LogP contribution in [0.15, 0.2) is 42.5 Å². The molecule has 2 rings (SSSR count). The largest absolute Gasteiger partial charge is 0.360 e. The number of halogens is 2. The minimum Gasteiger partial charge on any atom is -0.360 e. The third-order valence-corrected chi connectivity index (χ3v) is 3.42. The standard InChI is InChI=1S/C17H20F2N2/c1-12(2)21(11-13-6-4-3-5-7-13)17-15(18)8-14(10-20)9-16(17)19/h3-9,12H,10-11,20H2,1-2H3. The fourth-order valence-electron chi connectivity index (χ4n) is 2.31. The van der Waals surface area contributed by atoms with Crippen LogP contribution in [0.1, 0.15) is 25.0 Å². The molecular formula is C17H20F2N2. The molecule has 0 radical (unpaired) electrons. The van der Waals surface area contributed by atoms with E-state index in [0.29, 0.717) is 12.1 Å². The smallest absolute Gasteiger partial charge is 0.149 e. The van der Waals surface area contributed by atoms with Crippen molar-refractivity contribution in [1.29, 1.82) is 0 Å². The Morgan fingerprint density at radius 1 is 1.00 bits per heavy atom. The molecular weight excluding hydrogens is 270 g/mol. The summed E-state index contributed by atoms with van der Waals surface area (Å²) in [7, 11) is 0. The Labute approximate surface area is 124 Å². The van der Waals surface area contributed by atoms with Gasteiger partial charge in [0, 0.05) is 19.1 Å². The molecule has 0 fully saturated rings. The van der Waals surface area contributed by atoms with Gasteiger partial charge in [0.2, 0.25) is 0 Å². The predicted molar refractivity (Wildman–Crippen MR) is 82.0 cm³/mol. The van der Waals surface area contributed by atoms with Gasteiger partial charge in [-0.3, -0.25) is 0 Å². The Bertz CT molecular complexity index is 574. The maximum Gasteiger partial charge on any atom is 0.149 e. The summed E-state index contributed by atoms with van der Waals surface area (Å²) in [6, 6.07) is 12.2. The number of nitrogens with two attached hydrogens (primary N) is 1. The van der Waals surface area contributed by atoms with E-state index >= 15 is 0 Å². The molecule has 0 saturated heterocycles. The first-order chi connectivity index (χ1) is 10.0. The molecule has 0 atom stereocenters. The van der Waals surface area contributed by atoms with Gasteiger partial charge in [-0.2, -0.15) is 0 Å². The number of anilines is 1. The Balaban J connectivity index is 2.39. The molecule has 0 aliphatic carbocycles. The molecule has 2 aromatic carbocycles.